The molecular weight excluding hydrogens is 364 g/mol. The monoisotopic (exact) mass is 386 g/mol. The molecule has 142 valence electrons. The number of thiophene rings is 1. The van der Waals surface area contributed by atoms with E-state index in [2.05, 4.69) is 0 Å². The molecule has 2 heterocycles. The summed E-state index contributed by atoms with van der Waals surface area (Å²) in [5.41, 5.74) is 0.608. The molecule has 2 aromatic rings. The molecule has 1 aromatic heterocycles. The second-order valence-electron chi connectivity index (χ2n) is 6.30. The first-order chi connectivity index (χ1) is 13.1. The predicted molar refractivity (Wildman–Crippen MR) is 103 cm³/mol. The van der Waals surface area contributed by atoms with Crippen LogP contribution in [0.4, 0.5) is 0 Å². The first kappa shape index (κ1) is 19.1. The molecule has 0 N–H and O–H groups in total. The third-order valence-electron chi connectivity index (χ3n) is 4.62. The van der Waals surface area contributed by atoms with Crippen molar-refractivity contribution in [1.29, 1.82) is 0 Å². The van der Waals surface area contributed by atoms with Crippen molar-refractivity contribution < 1.29 is 19.1 Å². The third-order valence-corrected chi connectivity index (χ3v) is 5.53. The summed E-state index contributed by atoms with van der Waals surface area (Å²) < 4.78 is 5.11. The van der Waals surface area contributed by atoms with E-state index in [0.29, 0.717) is 42.4 Å². The van der Waals surface area contributed by atoms with Gasteiger partial charge in [0.2, 0.25) is 5.91 Å². The van der Waals surface area contributed by atoms with Crippen LogP contribution in [0.1, 0.15) is 32.9 Å². The molecule has 1 aliphatic heterocycles. The Morgan fingerprint density at radius 2 is 1.63 bits per heavy atom. The summed E-state index contributed by atoms with van der Waals surface area (Å²) in [6.45, 7) is 1.98. The van der Waals surface area contributed by atoms with Crippen LogP contribution in [0.15, 0.2) is 41.8 Å². The maximum absolute atomic E-state index is 12.6. The molecule has 0 saturated carbocycles. The Morgan fingerprint density at radius 3 is 2.22 bits per heavy atom. The predicted octanol–water partition coefficient (Wildman–Crippen LogP) is 2.70. The van der Waals surface area contributed by atoms with E-state index in [1.807, 2.05) is 11.4 Å². The van der Waals surface area contributed by atoms with Crippen molar-refractivity contribution in [3.63, 3.8) is 0 Å². The number of carbonyl (C=O) groups is 3. The number of carbonyl (C=O) groups excluding carboxylic acids is 3. The lowest BCUT2D eigenvalue weighted by Crippen LogP contribution is -2.50. The highest BCUT2D eigenvalue weighted by atomic mass is 32.1. The molecule has 0 radical (unpaired) electrons. The maximum Gasteiger partial charge on any atom is 0.253 e. The van der Waals surface area contributed by atoms with Gasteiger partial charge in [0.1, 0.15) is 5.75 Å². The van der Waals surface area contributed by atoms with Gasteiger partial charge in [0.05, 0.1) is 12.0 Å². The van der Waals surface area contributed by atoms with Gasteiger partial charge in [-0.25, -0.2) is 0 Å². The minimum atomic E-state index is -0.0439. The molecular formula is C20H22N2O4S. The van der Waals surface area contributed by atoms with Gasteiger partial charge in [-0.15, -0.1) is 11.3 Å². The van der Waals surface area contributed by atoms with E-state index >= 15 is 0 Å². The Morgan fingerprint density at radius 1 is 0.963 bits per heavy atom. The number of piperazine rings is 1. The van der Waals surface area contributed by atoms with E-state index in [-0.39, 0.29) is 30.4 Å². The highest BCUT2D eigenvalue weighted by molar-refractivity contribution is 7.12. The fourth-order valence-electron chi connectivity index (χ4n) is 3.01. The smallest absolute Gasteiger partial charge is 0.253 e. The molecule has 7 heteroatoms. The molecule has 0 unspecified atom stereocenters. The lowest BCUT2D eigenvalue weighted by molar-refractivity contribution is -0.132. The molecule has 0 bridgehead atoms. The van der Waals surface area contributed by atoms with Crippen LogP contribution in [0.3, 0.4) is 0 Å². The quantitative estimate of drug-likeness (QED) is 0.716. The van der Waals surface area contributed by atoms with Crippen LogP contribution in [0.5, 0.6) is 5.75 Å². The number of Topliss-reactive ketones (excluding diaryl/α,β-unsaturated/α-hetero) is 1. The first-order valence-corrected chi connectivity index (χ1v) is 9.74. The van der Waals surface area contributed by atoms with Gasteiger partial charge in [0, 0.05) is 44.6 Å². The van der Waals surface area contributed by atoms with Gasteiger partial charge in [0.15, 0.2) is 5.78 Å². The number of ether oxygens (including phenoxy) is 1. The molecule has 1 aromatic carbocycles. The van der Waals surface area contributed by atoms with E-state index in [1.165, 1.54) is 11.3 Å². The number of ketones is 1. The Bertz CT molecular complexity index is 794. The summed E-state index contributed by atoms with van der Waals surface area (Å²) in [4.78, 5) is 41.1. The SMILES string of the molecule is COc1ccc(C(=O)N2CCN(C(=O)CCC(=O)c3cccs3)CC2)cc1. The standard InChI is InChI=1S/C20H22N2O4S/c1-26-16-6-4-15(5-7-16)20(25)22-12-10-21(11-13-22)19(24)9-8-17(23)18-3-2-14-27-18/h2-7,14H,8-13H2,1H3. The summed E-state index contributed by atoms with van der Waals surface area (Å²) in [5, 5.41) is 1.86. The fraction of sp³-hybridized carbons (Fsp3) is 0.350. The maximum atomic E-state index is 12.6. The third kappa shape index (κ3) is 4.74. The van der Waals surface area contributed by atoms with Crippen molar-refractivity contribution in [2.75, 3.05) is 33.3 Å². The number of hydrogen-bond donors (Lipinski definition) is 0. The van der Waals surface area contributed by atoms with Crippen molar-refractivity contribution in [2.45, 2.75) is 12.8 Å². The van der Waals surface area contributed by atoms with Crippen LogP contribution in [0.25, 0.3) is 0 Å². The van der Waals surface area contributed by atoms with E-state index in [0.717, 1.165) is 0 Å². The van der Waals surface area contributed by atoms with E-state index in [9.17, 15) is 14.4 Å². The molecule has 6 nitrogen and oxygen atoms in total. The van der Waals surface area contributed by atoms with Crippen molar-refractivity contribution in [3.8, 4) is 5.75 Å². The van der Waals surface area contributed by atoms with Gasteiger partial charge >= 0.3 is 0 Å². The van der Waals surface area contributed by atoms with Crippen molar-refractivity contribution in [1.82, 2.24) is 9.80 Å². The number of methoxy groups -OCH3 is 1. The van der Waals surface area contributed by atoms with Gasteiger partial charge in [0.25, 0.3) is 5.91 Å². The molecule has 0 atom stereocenters. The van der Waals surface area contributed by atoms with Gasteiger partial charge in [-0.3, -0.25) is 14.4 Å². The van der Waals surface area contributed by atoms with E-state index in [1.54, 1.807) is 47.2 Å². The van der Waals surface area contributed by atoms with E-state index < -0.39 is 0 Å². The average Bonchev–Trinajstić information content (AvgIpc) is 3.26. The van der Waals surface area contributed by atoms with Crippen LogP contribution in [0, 0.1) is 0 Å². The Balaban J connectivity index is 1.46. The molecule has 1 fully saturated rings. The number of rotatable bonds is 6. The number of benzene rings is 1. The molecule has 2 amide bonds. The number of nitrogens with zero attached hydrogens (tertiary/aromatic N) is 2. The van der Waals surface area contributed by atoms with E-state index in [4.69, 9.17) is 4.74 Å². The van der Waals surface area contributed by atoms with Crippen LogP contribution < -0.4 is 4.74 Å². The summed E-state index contributed by atoms with van der Waals surface area (Å²) in [5.74, 6) is 0.639. The normalized spacial score (nSPS) is 14.1. The lowest BCUT2D eigenvalue weighted by Gasteiger charge is -2.35. The van der Waals surface area contributed by atoms with Gasteiger partial charge < -0.3 is 14.5 Å². The van der Waals surface area contributed by atoms with Gasteiger partial charge in [-0.2, -0.15) is 0 Å². The summed E-state index contributed by atoms with van der Waals surface area (Å²) in [6.07, 6.45) is 0.438. The topological polar surface area (TPSA) is 66.9 Å². The average molecular weight is 386 g/mol. The molecule has 3 rings (SSSR count). The zero-order chi connectivity index (χ0) is 19.2. The number of amides is 2. The second-order valence-corrected chi connectivity index (χ2v) is 7.25. The van der Waals surface area contributed by atoms with Crippen molar-refractivity contribution in [3.05, 3.63) is 52.2 Å². The highest BCUT2D eigenvalue weighted by Crippen LogP contribution is 2.16. The van der Waals surface area contributed by atoms with Crippen LogP contribution in [0.2, 0.25) is 0 Å². The Hall–Kier alpha value is -2.67. The minimum absolute atomic E-state index is 0.00618. The molecule has 1 saturated heterocycles. The minimum Gasteiger partial charge on any atom is -0.497 e. The summed E-state index contributed by atoms with van der Waals surface area (Å²) >= 11 is 1.40. The zero-order valence-corrected chi connectivity index (χ0v) is 16.0. The van der Waals surface area contributed by atoms with Gasteiger partial charge in [-0.1, -0.05) is 6.07 Å². The largest absolute Gasteiger partial charge is 0.497 e. The molecule has 0 aliphatic carbocycles. The fourth-order valence-corrected chi connectivity index (χ4v) is 3.71. The molecule has 1 aliphatic rings. The Kier molecular flexibility index (Phi) is 6.24. The van der Waals surface area contributed by atoms with Crippen molar-refractivity contribution in [2.24, 2.45) is 0 Å². The van der Waals surface area contributed by atoms with Crippen LogP contribution in [-0.2, 0) is 4.79 Å². The molecule has 0 spiro atoms. The van der Waals surface area contributed by atoms with Gasteiger partial charge in [-0.05, 0) is 35.7 Å². The highest BCUT2D eigenvalue weighted by Gasteiger charge is 2.25. The lowest BCUT2D eigenvalue weighted by atomic mass is 10.1. The van der Waals surface area contributed by atoms with Crippen LogP contribution >= 0.6 is 11.3 Å². The molecule has 27 heavy (non-hydrogen) atoms. The number of hydrogen-bond acceptors (Lipinski definition) is 5. The zero-order valence-electron chi connectivity index (χ0n) is 15.2. The van der Waals surface area contributed by atoms with Crippen molar-refractivity contribution >= 4 is 28.9 Å². The summed E-state index contributed by atoms with van der Waals surface area (Å²) in [7, 11) is 1.58. The van der Waals surface area contributed by atoms with Crippen LogP contribution in [-0.4, -0.2) is 60.7 Å². The first-order valence-electron chi connectivity index (χ1n) is 8.86. The Labute approximate surface area is 162 Å². The second kappa shape index (κ2) is 8.81. The summed E-state index contributed by atoms with van der Waals surface area (Å²) in [6, 6.07) is 10.6.